The van der Waals surface area contributed by atoms with Gasteiger partial charge in [-0.2, -0.15) is 0 Å². The molecule has 0 atom stereocenters. The highest BCUT2D eigenvalue weighted by atomic mass is 15.1. The van der Waals surface area contributed by atoms with Crippen LogP contribution >= 0.6 is 0 Å². The Bertz CT molecular complexity index is 3520. The van der Waals surface area contributed by atoms with Crippen LogP contribution in [0.5, 0.6) is 0 Å². The molecule has 0 amide bonds. The number of rotatable bonds is 6. The minimum Gasteiger partial charge on any atom is -0.292 e. The molecule has 1 aromatic heterocycles. The van der Waals surface area contributed by atoms with E-state index in [0.29, 0.717) is 16.6 Å². The fourth-order valence-corrected chi connectivity index (χ4v) is 7.23. The topological polar surface area (TPSA) is 17.8 Å². The summed E-state index contributed by atoms with van der Waals surface area (Å²) in [5.74, 6) is 0.112. The lowest BCUT2D eigenvalue weighted by atomic mass is 9.83. The van der Waals surface area contributed by atoms with Crippen LogP contribution in [-0.2, 0) is 0 Å². The predicted molar refractivity (Wildman–Crippen MR) is 223 cm³/mol. The highest BCUT2D eigenvalue weighted by molar-refractivity contribution is 6.22. The van der Waals surface area contributed by atoms with Gasteiger partial charge in [0.2, 0.25) is 0 Å². The van der Waals surface area contributed by atoms with Gasteiger partial charge in [-0.3, -0.25) is 4.57 Å². The second kappa shape index (κ2) is 12.9. The third-order valence-corrected chi connectivity index (χ3v) is 9.52. The van der Waals surface area contributed by atoms with E-state index >= 15 is 0 Å². The molecule has 0 saturated carbocycles. The summed E-state index contributed by atoms with van der Waals surface area (Å²) in [4.78, 5) is 4.98. The summed E-state index contributed by atoms with van der Waals surface area (Å²) >= 11 is 0. The van der Waals surface area contributed by atoms with Crippen LogP contribution in [0.3, 0.4) is 0 Å². The van der Waals surface area contributed by atoms with Gasteiger partial charge in [0, 0.05) is 11.3 Å². The maximum absolute atomic E-state index is 9.67. The molecule has 0 fully saturated rings. The highest BCUT2D eigenvalue weighted by Crippen LogP contribution is 2.47. The highest BCUT2D eigenvalue weighted by Gasteiger charge is 2.22. The zero-order valence-corrected chi connectivity index (χ0v) is 28.0. The van der Waals surface area contributed by atoms with E-state index in [0.717, 1.165) is 22.3 Å². The first-order chi connectivity index (χ1) is 31.7. The molecule has 10 aromatic rings. The Morgan fingerprint density at radius 3 is 1.47 bits per heavy atom. The maximum Gasteiger partial charge on any atom is 0.146 e. The maximum atomic E-state index is 9.67. The van der Waals surface area contributed by atoms with Gasteiger partial charge in [0.1, 0.15) is 5.82 Å². The van der Waals surface area contributed by atoms with Gasteiger partial charge in [0.25, 0.3) is 0 Å². The lowest BCUT2D eigenvalue weighted by molar-refractivity contribution is 1.10. The van der Waals surface area contributed by atoms with Crippen molar-refractivity contribution in [2.75, 3.05) is 0 Å². The molecular formula is C51H34N2. The summed E-state index contributed by atoms with van der Waals surface area (Å²) in [5.41, 5.74) is 5.09. The Labute approximate surface area is 327 Å². The molecule has 53 heavy (non-hydrogen) atoms. The van der Waals surface area contributed by atoms with E-state index in [2.05, 4.69) is 0 Å². The fraction of sp³-hybridized carbons (Fsp3) is 0. The van der Waals surface area contributed by atoms with Gasteiger partial charge in [-0.25, -0.2) is 4.98 Å². The van der Waals surface area contributed by atoms with Crippen LogP contribution in [0, 0.1) is 0 Å². The van der Waals surface area contributed by atoms with E-state index in [1.54, 1.807) is 48.5 Å². The summed E-state index contributed by atoms with van der Waals surface area (Å²) in [6.45, 7) is 0. The Kier molecular flexibility index (Phi) is 4.91. The van der Waals surface area contributed by atoms with Crippen LogP contribution < -0.4 is 0 Å². The summed E-state index contributed by atoms with van der Waals surface area (Å²) in [5, 5.41) is 0.00834. The summed E-state index contributed by atoms with van der Waals surface area (Å²) in [6.07, 6.45) is 0. The molecule has 0 aliphatic rings. The molecular weight excluding hydrogens is 641 g/mol. The van der Waals surface area contributed by atoms with Gasteiger partial charge in [-0.1, -0.05) is 164 Å². The first kappa shape index (κ1) is 20.1. The molecule has 0 aliphatic heterocycles. The standard InChI is InChI=1S/C51H34N2/c1-4-18-35(19-5-1)37-32-38(36-20-6-2-7-21-36)34-39(33-37)49-41-24-10-12-26-43(41)50(44-27-13-11-25-42(44)49)45-28-14-15-29-46(45)51-52-47-30-16-17-31-48(47)53(51)40-22-8-3-9-23-40/h1-34H/i3D,8D,9D,10D,11D,12D,13D,22D,23D,24D,25D,26D,27D. The van der Waals surface area contributed by atoms with Gasteiger partial charge in [0.15, 0.2) is 0 Å². The van der Waals surface area contributed by atoms with Crippen LogP contribution in [0.25, 0.3) is 94.2 Å². The van der Waals surface area contributed by atoms with E-state index in [9.17, 15) is 5.48 Å². The van der Waals surface area contributed by atoms with Gasteiger partial charge >= 0.3 is 0 Å². The molecule has 0 unspecified atom stereocenters. The second-order valence-corrected chi connectivity index (χ2v) is 12.6. The summed E-state index contributed by atoms with van der Waals surface area (Å²) in [7, 11) is 0. The van der Waals surface area contributed by atoms with Crippen molar-refractivity contribution in [3.05, 3.63) is 206 Å². The second-order valence-electron chi connectivity index (χ2n) is 12.6. The van der Waals surface area contributed by atoms with E-state index in [1.807, 2.05) is 78.9 Å². The third-order valence-electron chi connectivity index (χ3n) is 9.52. The quantitative estimate of drug-likeness (QED) is 0.159. The lowest BCUT2D eigenvalue weighted by Gasteiger charge is -2.20. The molecule has 10 rings (SSSR count). The molecule has 248 valence electrons. The minimum absolute atomic E-state index is 0.0159. The normalized spacial score (nSPS) is 14.8. The van der Waals surface area contributed by atoms with E-state index in [4.69, 9.17) is 17.3 Å². The van der Waals surface area contributed by atoms with E-state index in [1.165, 1.54) is 4.57 Å². The fourth-order valence-electron chi connectivity index (χ4n) is 7.23. The molecule has 9 aromatic carbocycles. The number of hydrogen-bond donors (Lipinski definition) is 0. The van der Waals surface area contributed by atoms with Crippen molar-refractivity contribution in [1.82, 2.24) is 9.55 Å². The van der Waals surface area contributed by atoms with Crippen LogP contribution in [0.2, 0.25) is 0 Å². The summed E-state index contributed by atoms with van der Waals surface area (Å²) < 4.78 is 120. The van der Waals surface area contributed by atoms with Gasteiger partial charge < -0.3 is 0 Å². The molecule has 0 N–H and O–H groups in total. The Morgan fingerprint density at radius 2 is 0.868 bits per heavy atom. The minimum atomic E-state index is -0.577. The Balaban J connectivity index is 1.42. The van der Waals surface area contributed by atoms with Crippen molar-refractivity contribution in [2.24, 2.45) is 0 Å². The molecule has 0 spiro atoms. The monoisotopic (exact) mass is 687 g/mol. The molecule has 1 heterocycles. The van der Waals surface area contributed by atoms with Crippen LogP contribution in [0.4, 0.5) is 0 Å². The number of fused-ring (bicyclic) bond motifs is 3. The molecule has 2 heteroatoms. The van der Waals surface area contributed by atoms with Crippen molar-refractivity contribution < 1.29 is 17.8 Å². The predicted octanol–water partition coefficient (Wildman–Crippen LogP) is 13.7. The van der Waals surface area contributed by atoms with Crippen molar-refractivity contribution in [2.45, 2.75) is 0 Å². The smallest absolute Gasteiger partial charge is 0.146 e. The van der Waals surface area contributed by atoms with E-state index < -0.39 is 78.6 Å². The van der Waals surface area contributed by atoms with Crippen LogP contribution in [0.1, 0.15) is 17.8 Å². The Hall–Kier alpha value is -7.03. The van der Waals surface area contributed by atoms with Gasteiger partial charge in [-0.15, -0.1) is 0 Å². The summed E-state index contributed by atoms with van der Waals surface area (Å²) in [6, 6.07) is 31.9. The zero-order valence-electron chi connectivity index (χ0n) is 41.0. The average Bonchev–Trinajstić information content (AvgIpc) is 3.73. The molecule has 2 nitrogen and oxygen atoms in total. The third kappa shape index (κ3) is 5.32. The van der Waals surface area contributed by atoms with Crippen LogP contribution in [-0.4, -0.2) is 9.55 Å². The van der Waals surface area contributed by atoms with Crippen molar-refractivity contribution >= 4 is 32.6 Å². The number of para-hydroxylation sites is 3. The van der Waals surface area contributed by atoms with Gasteiger partial charge in [0.05, 0.1) is 28.9 Å². The molecule has 0 saturated heterocycles. The van der Waals surface area contributed by atoms with Crippen LogP contribution in [0.15, 0.2) is 206 Å². The van der Waals surface area contributed by atoms with Gasteiger partial charge in [-0.05, 0) is 108 Å². The number of hydrogen-bond acceptors (Lipinski definition) is 1. The Morgan fingerprint density at radius 1 is 0.396 bits per heavy atom. The molecule has 0 bridgehead atoms. The average molecular weight is 688 g/mol. The van der Waals surface area contributed by atoms with Crippen molar-refractivity contribution in [1.29, 1.82) is 0 Å². The van der Waals surface area contributed by atoms with E-state index in [-0.39, 0.29) is 55.3 Å². The number of aromatic nitrogens is 2. The number of nitrogens with zero attached hydrogens (tertiary/aromatic N) is 2. The molecule has 0 radical (unpaired) electrons. The molecule has 0 aliphatic carbocycles. The largest absolute Gasteiger partial charge is 0.292 e. The lowest BCUT2D eigenvalue weighted by Crippen LogP contribution is -1.99. The van der Waals surface area contributed by atoms with Crippen molar-refractivity contribution in [3.63, 3.8) is 0 Å². The number of benzene rings is 9. The number of imidazole rings is 1. The van der Waals surface area contributed by atoms with Crippen molar-refractivity contribution in [3.8, 4) is 61.6 Å². The first-order valence-electron chi connectivity index (χ1n) is 23.6. The first-order valence-corrected chi connectivity index (χ1v) is 17.1. The zero-order chi connectivity index (χ0) is 46.5. The SMILES string of the molecule is [2H]c1c([2H])c([2H])c(-n2c(-c3ccccc3-c3c4c([2H])c([2H])c([2H])c([2H])c4c(-c4cc(-c5ccccc5)cc(-c5ccccc5)c4)c4c([2H])c([2H])c([2H])c([2H])c34)nc3ccccc32)c([2H])c1[2H].